The molecule has 0 radical (unpaired) electrons. The minimum Gasteiger partial charge on any atom is -0.341 e. The number of nitriles is 1. The summed E-state index contributed by atoms with van der Waals surface area (Å²) in [6, 6.07) is 11.5. The molecule has 3 rings (SSSR count). The molecule has 3 aromatic rings. The molecule has 1 aromatic heterocycles. The van der Waals surface area contributed by atoms with Gasteiger partial charge in [-0.2, -0.15) is 5.26 Å². The second-order valence-corrected chi connectivity index (χ2v) is 6.01. The third kappa shape index (κ3) is 2.50. The Morgan fingerprint density at radius 3 is 2.58 bits per heavy atom. The van der Waals surface area contributed by atoms with Gasteiger partial charge < -0.3 is 9.88 Å². The van der Waals surface area contributed by atoms with Crippen molar-refractivity contribution in [1.82, 2.24) is 4.98 Å². The molecule has 0 saturated carbocycles. The zero-order chi connectivity index (χ0) is 17.4. The Labute approximate surface area is 139 Å². The molecule has 0 fully saturated rings. The number of H-pyrrole nitrogens is 1. The molecule has 1 heterocycles. The van der Waals surface area contributed by atoms with Crippen molar-refractivity contribution in [2.75, 3.05) is 4.90 Å². The standard InChI is InChI=1S/C19H17F2N3/c1-11(2)24(17-6-4-5-15(20)18(17)21)19-12(3)14-8-7-13(10-22)9-16(14)23-19/h4-9,11,23H,1-3H3. The number of hydrogen-bond donors (Lipinski definition) is 1. The Morgan fingerprint density at radius 1 is 1.17 bits per heavy atom. The van der Waals surface area contributed by atoms with Gasteiger partial charge in [-0.15, -0.1) is 0 Å². The highest BCUT2D eigenvalue weighted by Crippen LogP contribution is 2.36. The van der Waals surface area contributed by atoms with Crippen LogP contribution in [0.15, 0.2) is 36.4 Å². The normalized spacial score (nSPS) is 11.0. The number of nitrogens with zero attached hydrogens (tertiary/aromatic N) is 2. The second kappa shape index (κ2) is 5.97. The van der Waals surface area contributed by atoms with E-state index in [-0.39, 0.29) is 11.7 Å². The lowest BCUT2D eigenvalue weighted by Crippen LogP contribution is -2.27. The predicted octanol–water partition coefficient (Wildman–Crippen LogP) is 5.17. The number of benzene rings is 2. The lowest BCUT2D eigenvalue weighted by Gasteiger charge is -2.29. The average Bonchev–Trinajstić information content (AvgIpc) is 2.87. The molecule has 0 spiro atoms. The van der Waals surface area contributed by atoms with Gasteiger partial charge >= 0.3 is 0 Å². The molecule has 0 saturated heterocycles. The fourth-order valence-corrected chi connectivity index (χ4v) is 2.97. The van der Waals surface area contributed by atoms with Crippen molar-refractivity contribution in [1.29, 1.82) is 5.26 Å². The van der Waals surface area contributed by atoms with E-state index in [0.717, 1.165) is 22.5 Å². The fraction of sp³-hybridized carbons (Fsp3) is 0.211. The lowest BCUT2D eigenvalue weighted by molar-refractivity contribution is 0.506. The van der Waals surface area contributed by atoms with Gasteiger partial charge in [0.1, 0.15) is 5.82 Å². The SMILES string of the molecule is Cc1c(N(c2cccc(F)c2F)C(C)C)[nH]c2cc(C#N)ccc12. The molecule has 122 valence electrons. The average molecular weight is 325 g/mol. The molecule has 0 aliphatic heterocycles. The molecule has 0 aliphatic carbocycles. The number of rotatable bonds is 3. The molecular formula is C19H17F2N3. The summed E-state index contributed by atoms with van der Waals surface area (Å²) in [5.41, 5.74) is 2.44. The van der Waals surface area contributed by atoms with Crippen LogP contribution in [0.1, 0.15) is 25.0 Å². The van der Waals surface area contributed by atoms with Crippen molar-refractivity contribution in [3.63, 3.8) is 0 Å². The Bertz CT molecular complexity index is 951. The van der Waals surface area contributed by atoms with Crippen molar-refractivity contribution >= 4 is 22.4 Å². The maximum atomic E-state index is 14.3. The van der Waals surface area contributed by atoms with Crippen LogP contribution < -0.4 is 4.90 Å². The van der Waals surface area contributed by atoms with Gasteiger partial charge in [0, 0.05) is 16.9 Å². The van der Waals surface area contributed by atoms with E-state index < -0.39 is 11.6 Å². The number of aromatic amines is 1. The van der Waals surface area contributed by atoms with Crippen LogP contribution in [0.2, 0.25) is 0 Å². The zero-order valence-corrected chi connectivity index (χ0v) is 13.7. The topological polar surface area (TPSA) is 42.8 Å². The van der Waals surface area contributed by atoms with Crippen LogP contribution in [0.25, 0.3) is 10.9 Å². The third-order valence-corrected chi connectivity index (χ3v) is 4.11. The first-order chi connectivity index (χ1) is 11.4. The van der Waals surface area contributed by atoms with Crippen molar-refractivity contribution < 1.29 is 8.78 Å². The van der Waals surface area contributed by atoms with E-state index in [4.69, 9.17) is 5.26 Å². The minimum absolute atomic E-state index is 0.0940. The molecular weight excluding hydrogens is 308 g/mol. The molecule has 2 aromatic carbocycles. The Morgan fingerprint density at radius 2 is 1.92 bits per heavy atom. The van der Waals surface area contributed by atoms with Crippen LogP contribution in [0, 0.1) is 29.9 Å². The van der Waals surface area contributed by atoms with Crippen LogP contribution in [-0.4, -0.2) is 11.0 Å². The second-order valence-electron chi connectivity index (χ2n) is 6.01. The lowest BCUT2D eigenvalue weighted by atomic mass is 10.1. The predicted molar refractivity (Wildman–Crippen MR) is 91.4 cm³/mol. The molecule has 5 heteroatoms. The van der Waals surface area contributed by atoms with E-state index in [9.17, 15) is 8.78 Å². The number of anilines is 2. The minimum atomic E-state index is -0.876. The van der Waals surface area contributed by atoms with E-state index in [0.29, 0.717) is 11.4 Å². The zero-order valence-electron chi connectivity index (χ0n) is 13.7. The summed E-state index contributed by atoms with van der Waals surface area (Å²) < 4.78 is 28.0. The largest absolute Gasteiger partial charge is 0.341 e. The molecule has 0 aliphatic rings. The fourth-order valence-electron chi connectivity index (χ4n) is 2.97. The molecule has 1 N–H and O–H groups in total. The number of halogens is 2. The number of fused-ring (bicyclic) bond motifs is 1. The highest BCUT2D eigenvalue weighted by atomic mass is 19.2. The number of aryl methyl sites for hydroxylation is 1. The summed E-state index contributed by atoms with van der Waals surface area (Å²) >= 11 is 0. The van der Waals surface area contributed by atoms with E-state index in [1.54, 1.807) is 23.1 Å². The van der Waals surface area contributed by atoms with Crippen LogP contribution in [0.4, 0.5) is 20.3 Å². The van der Waals surface area contributed by atoms with Crippen LogP contribution in [-0.2, 0) is 0 Å². The maximum absolute atomic E-state index is 14.3. The molecule has 24 heavy (non-hydrogen) atoms. The number of aromatic nitrogens is 1. The van der Waals surface area contributed by atoms with Gasteiger partial charge in [-0.1, -0.05) is 12.1 Å². The molecule has 0 unspecified atom stereocenters. The van der Waals surface area contributed by atoms with Gasteiger partial charge in [-0.25, -0.2) is 8.78 Å². The molecule has 0 bridgehead atoms. The first-order valence-corrected chi connectivity index (χ1v) is 7.69. The molecule has 0 amide bonds. The van der Waals surface area contributed by atoms with Gasteiger partial charge in [0.05, 0.1) is 17.3 Å². The van der Waals surface area contributed by atoms with Crippen molar-refractivity contribution in [2.24, 2.45) is 0 Å². The smallest absolute Gasteiger partial charge is 0.182 e. The van der Waals surface area contributed by atoms with Crippen LogP contribution in [0.3, 0.4) is 0 Å². The summed E-state index contributed by atoms with van der Waals surface area (Å²) in [5, 5.41) is 10.0. The highest BCUT2D eigenvalue weighted by molar-refractivity contribution is 5.91. The summed E-state index contributed by atoms with van der Waals surface area (Å²) in [6.07, 6.45) is 0. The first-order valence-electron chi connectivity index (χ1n) is 7.69. The monoisotopic (exact) mass is 325 g/mol. The van der Waals surface area contributed by atoms with E-state index in [2.05, 4.69) is 11.1 Å². The third-order valence-electron chi connectivity index (χ3n) is 4.11. The summed E-state index contributed by atoms with van der Waals surface area (Å²) in [4.78, 5) is 4.99. The maximum Gasteiger partial charge on any atom is 0.182 e. The van der Waals surface area contributed by atoms with E-state index in [1.807, 2.05) is 26.8 Å². The summed E-state index contributed by atoms with van der Waals surface area (Å²) in [5.74, 6) is -1.06. The number of nitrogens with one attached hydrogen (secondary N) is 1. The van der Waals surface area contributed by atoms with Gasteiger partial charge in [0.25, 0.3) is 0 Å². The van der Waals surface area contributed by atoms with Gasteiger partial charge in [-0.05, 0) is 50.6 Å². The molecule has 3 nitrogen and oxygen atoms in total. The van der Waals surface area contributed by atoms with Crippen molar-refractivity contribution in [3.8, 4) is 6.07 Å². The molecule has 0 atom stereocenters. The van der Waals surface area contributed by atoms with Gasteiger partial charge in [0.15, 0.2) is 11.6 Å². The van der Waals surface area contributed by atoms with Gasteiger partial charge in [-0.3, -0.25) is 0 Å². The summed E-state index contributed by atoms with van der Waals surface area (Å²) in [7, 11) is 0. The van der Waals surface area contributed by atoms with Crippen molar-refractivity contribution in [2.45, 2.75) is 26.8 Å². The Kier molecular flexibility index (Phi) is 3.98. The van der Waals surface area contributed by atoms with Crippen LogP contribution in [0.5, 0.6) is 0 Å². The highest BCUT2D eigenvalue weighted by Gasteiger charge is 2.23. The first kappa shape index (κ1) is 16.0. The Balaban J connectivity index is 2.23. The van der Waals surface area contributed by atoms with Crippen molar-refractivity contribution in [3.05, 3.63) is 59.2 Å². The van der Waals surface area contributed by atoms with Crippen LogP contribution >= 0.6 is 0 Å². The van der Waals surface area contributed by atoms with E-state index >= 15 is 0 Å². The number of hydrogen-bond acceptors (Lipinski definition) is 2. The Hall–Kier alpha value is -2.87. The summed E-state index contributed by atoms with van der Waals surface area (Å²) in [6.45, 7) is 5.75. The van der Waals surface area contributed by atoms with E-state index in [1.165, 1.54) is 6.07 Å². The quantitative estimate of drug-likeness (QED) is 0.721. The van der Waals surface area contributed by atoms with Gasteiger partial charge in [0.2, 0.25) is 0 Å².